The van der Waals surface area contributed by atoms with Crippen molar-refractivity contribution in [3.63, 3.8) is 0 Å². The van der Waals surface area contributed by atoms with Gasteiger partial charge in [0.2, 0.25) is 0 Å². The molecule has 0 bridgehead atoms. The lowest BCUT2D eigenvalue weighted by molar-refractivity contribution is 0.0936. The summed E-state index contributed by atoms with van der Waals surface area (Å²) in [6.07, 6.45) is 0.883. The molecule has 0 saturated carbocycles. The van der Waals surface area contributed by atoms with Crippen LogP contribution in [-0.2, 0) is 0 Å². The zero-order chi connectivity index (χ0) is 16.4. The first kappa shape index (κ1) is 18.4. The van der Waals surface area contributed by atoms with Crippen molar-refractivity contribution in [2.45, 2.75) is 26.3 Å². The summed E-state index contributed by atoms with van der Waals surface area (Å²) in [5.41, 5.74) is 4.21. The number of amides is 1. The predicted octanol–water partition coefficient (Wildman–Crippen LogP) is 3.62. The molecular weight excluding hydrogens is 327 g/mol. The number of hydrogen-bond donors (Lipinski definition) is 2. The van der Waals surface area contributed by atoms with Gasteiger partial charge in [-0.25, -0.2) is 4.39 Å². The van der Waals surface area contributed by atoms with Crippen LogP contribution < -0.4 is 10.6 Å². The van der Waals surface area contributed by atoms with Crippen molar-refractivity contribution in [3.05, 3.63) is 58.9 Å². The molecule has 1 fully saturated rings. The van der Waals surface area contributed by atoms with Gasteiger partial charge in [-0.05, 0) is 61.2 Å². The third-order valence-electron chi connectivity index (χ3n) is 4.45. The van der Waals surface area contributed by atoms with Gasteiger partial charge in [0.1, 0.15) is 5.82 Å². The molecule has 3 nitrogen and oxygen atoms in total. The number of benzene rings is 2. The second-order valence-corrected chi connectivity index (χ2v) is 6.16. The first-order valence-electron chi connectivity index (χ1n) is 7.93. The molecule has 24 heavy (non-hydrogen) atoms. The normalized spacial score (nSPS) is 16.5. The van der Waals surface area contributed by atoms with Crippen molar-refractivity contribution in [1.29, 1.82) is 0 Å². The maximum absolute atomic E-state index is 14.4. The van der Waals surface area contributed by atoms with Crippen molar-refractivity contribution in [2.24, 2.45) is 0 Å². The topological polar surface area (TPSA) is 41.1 Å². The smallest absolute Gasteiger partial charge is 0.254 e. The number of halogens is 2. The monoisotopic (exact) mass is 348 g/mol. The molecule has 1 heterocycles. The van der Waals surface area contributed by atoms with Gasteiger partial charge in [-0.2, -0.15) is 0 Å². The number of nitrogens with one attached hydrogen (secondary N) is 2. The van der Waals surface area contributed by atoms with E-state index in [0.717, 1.165) is 30.6 Å². The zero-order valence-corrected chi connectivity index (χ0v) is 14.7. The maximum Gasteiger partial charge on any atom is 0.254 e. The first-order chi connectivity index (χ1) is 11.0. The lowest BCUT2D eigenvalue weighted by atomic mass is 9.99. The summed E-state index contributed by atoms with van der Waals surface area (Å²) in [7, 11) is 0. The van der Waals surface area contributed by atoms with E-state index in [2.05, 4.69) is 10.6 Å². The van der Waals surface area contributed by atoms with E-state index < -0.39 is 5.82 Å². The molecule has 1 amide bonds. The van der Waals surface area contributed by atoms with Crippen LogP contribution in [0, 0.1) is 19.7 Å². The fourth-order valence-electron chi connectivity index (χ4n) is 2.84. The Morgan fingerprint density at radius 2 is 1.83 bits per heavy atom. The molecule has 0 spiro atoms. The Hall–Kier alpha value is -1.91. The number of rotatable bonds is 3. The lowest BCUT2D eigenvalue weighted by Crippen LogP contribution is -2.36. The minimum absolute atomic E-state index is 0. The van der Waals surface area contributed by atoms with E-state index in [1.165, 1.54) is 17.2 Å². The molecule has 128 valence electrons. The minimum Gasteiger partial charge on any atom is -0.348 e. The Bertz CT molecular complexity index is 742. The summed E-state index contributed by atoms with van der Waals surface area (Å²) in [5.74, 6) is -0.827. The van der Waals surface area contributed by atoms with Gasteiger partial charge in [-0.1, -0.05) is 24.3 Å². The van der Waals surface area contributed by atoms with E-state index in [1.807, 2.05) is 32.0 Å². The molecule has 0 radical (unpaired) electrons. The molecule has 2 aromatic carbocycles. The lowest BCUT2D eigenvalue weighted by Gasteiger charge is -2.12. The molecule has 1 aliphatic rings. The molecule has 3 rings (SSSR count). The highest BCUT2D eigenvalue weighted by Gasteiger charge is 2.19. The number of aryl methyl sites for hydroxylation is 2. The molecule has 1 saturated heterocycles. The highest BCUT2D eigenvalue weighted by Crippen LogP contribution is 2.24. The van der Waals surface area contributed by atoms with Crippen molar-refractivity contribution >= 4 is 18.3 Å². The van der Waals surface area contributed by atoms with Crippen molar-refractivity contribution < 1.29 is 9.18 Å². The molecule has 0 aliphatic carbocycles. The molecular formula is C19H22ClFN2O. The average Bonchev–Trinajstić information content (AvgIpc) is 3.02. The average molecular weight is 349 g/mol. The SMILES string of the molecule is Cc1ccc(-c2ccc(C(=O)NC3CCNC3)c(F)c2)cc1C.Cl. The van der Waals surface area contributed by atoms with E-state index in [0.29, 0.717) is 0 Å². The Morgan fingerprint density at radius 1 is 1.12 bits per heavy atom. The molecule has 1 atom stereocenters. The minimum atomic E-state index is -0.482. The maximum atomic E-state index is 14.4. The Labute approximate surface area is 148 Å². The van der Waals surface area contributed by atoms with E-state index in [4.69, 9.17) is 0 Å². The van der Waals surface area contributed by atoms with Crippen molar-refractivity contribution in [2.75, 3.05) is 13.1 Å². The molecule has 5 heteroatoms. The van der Waals surface area contributed by atoms with Crippen LogP contribution in [0.1, 0.15) is 27.9 Å². The first-order valence-corrected chi connectivity index (χ1v) is 7.93. The van der Waals surface area contributed by atoms with Crippen LogP contribution in [-0.4, -0.2) is 25.0 Å². The van der Waals surface area contributed by atoms with Gasteiger partial charge < -0.3 is 10.6 Å². The quantitative estimate of drug-likeness (QED) is 0.889. The van der Waals surface area contributed by atoms with Crippen LogP contribution in [0.25, 0.3) is 11.1 Å². The largest absolute Gasteiger partial charge is 0.348 e. The zero-order valence-electron chi connectivity index (χ0n) is 13.9. The summed E-state index contributed by atoms with van der Waals surface area (Å²) >= 11 is 0. The Kier molecular flexibility index (Phi) is 5.97. The predicted molar refractivity (Wildman–Crippen MR) is 97.3 cm³/mol. The van der Waals surface area contributed by atoms with Crippen LogP contribution in [0.2, 0.25) is 0 Å². The summed E-state index contributed by atoms with van der Waals surface area (Å²) in [6, 6.07) is 10.9. The summed E-state index contributed by atoms with van der Waals surface area (Å²) in [6.45, 7) is 5.71. The molecule has 1 aliphatic heterocycles. The second-order valence-electron chi connectivity index (χ2n) is 6.16. The summed E-state index contributed by atoms with van der Waals surface area (Å²) in [5, 5.41) is 6.05. The fraction of sp³-hybridized carbons (Fsp3) is 0.316. The highest BCUT2D eigenvalue weighted by atomic mass is 35.5. The second kappa shape index (κ2) is 7.77. The van der Waals surface area contributed by atoms with Gasteiger partial charge in [0.15, 0.2) is 0 Å². The molecule has 1 unspecified atom stereocenters. The molecule has 2 aromatic rings. The third-order valence-corrected chi connectivity index (χ3v) is 4.45. The van der Waals surface area contributed by atoms with Gasteiger partial charge in [0.25, 0.3) is 5.91 Å². The number of carbonyl (C=O) groups is 1. The summed E-state index contributed by atoms with van der Waals surface area (Å²) < 4.78 is 14.4. The standard InChI is InChI=1S/C19H21FN2O.ClH/c1-12-3-4-14(9-13(12)2)15-5-6-17(18(20)10-15)19(23)22-16-7-8-21-11-16;/h3-6,9-10,16,21H,7-8,11H2,1-2H3,(H,22,23);1H. The molecule has 0 aromatic heterocycles. The van der Waals surface area contributed by atoms with E-state index in [9.17, 15) is 9.18 Å². The third kappa shape index (κ3) is 3.94. The van der Waals surface area contributed by atoms with Crippen LogP contribution in [0.4, 0.5) is 4.39 Å². The summed E-state index contributed by atoms with van der Waals surface area (Å²) in [4.78, 5) is 12.2. The molecule has 2 N–H and O–H groups in total. The van der Waals surface area contributed by atoms with Crippen LogP contribution in [0.5, 0.6) is 0 Å². The Balaban J connectivity index is 0.00000208. The highest BCUT2D eigenvalue weighted by molar-refractivity contribution is 5.95. The van der Waals surface area contributed by atoms with E-state index >= 15 is 0 Å². The van der Waals surface area contributed by atoms with Gasteiger partial charge in [-0.15, -0.1) is 12.4 Å². The van der Waals surface area contributed by atoms with Gasteiger partial charge in [-0.3, -0.25) is 4.79 Å². The van der Waals surface area contributed by atoms with Crippen molar-refractivity contribution in [3.8, 4) is 11.1 Å². The van der Waals surface area contributed by atoms with E-state index in [1.54, 1.807) is 12.1 Å². The van der Waals surface area contributed by atoms with Gasteiger partial charge in [0, 0.05) is 12.6 Å². The Morgan fingerprint density at radius 3 is 2.46 bits per heavy atom. The fourth-order valence-corrected chi connectivity index (χ4v) is 2.84. The van der Waals surface area contributed by atoms with E-state index in [-0.39, 0.29) is 29.9 Å². The number of hydrogen-bond acceptors (Lipinski definition) is 2. The van der Waals surface area contributed by atoms with Gasteiger partial charge in [0.05, 0.1) is 5.56 Å². The van der Waals surface area contributed by atoms with Crippen LogP contribution in [0.3, 0.4) is 0 Å². The van der Waals surface area contributed by atoms with Crippen LogP contribution >= 0.6 is 12.4 Å². The van der Waals surface area contributed by atoms with Gasteiger partial charge >= 0.3 is 0 Å². The van der Waals surface area contributed by atoms with Crippen molar-refractivity contribution in [1.82, 2.24) is 10.6 Å². The van der Waals surface area contributed by atoms with Crippen LogP contribution in [0.15, 0.2) is 36.4 Å². The number of carbonyl (C=O) groups excluding carboxylic acids is 1.